The van der Waals surface area contributed by atoms with Crippen LogP contribution in [0.2, 0.25) is 0 Å². The summed E-state index contributed by atoms with van der Waals surface area (Å²) >= 11 is 0. The average molecular weight is 171 g/mol. The van der Waals surface area contributed by atoms with Crippen LogP contribution in [0.5, 0.6) is 0 Å². The van der Waals surface area contributed by atoms with E-state index in [1.54, 1.807) is 6.92 Å². The van der Waals surface area contributed by atoms with Crippen molar-refractivity contribution in [1.82, 2.24) is 0 Å². The van der Waals surface area contributed by atoms with Gasteiger partial charge in [0.25, 0.3) is 0 Å². The molecule has 0 aromatic carbocycles. The summed E-state index contributed by atoms with van der Waals surface area (Å²) in [6.45, 7) is 7.99. The van der Waals surface area contributed by atoms with E-state index in [-0.39, 0.29) is 5.78 Å². The summed E-state index contributed by atoms with van der Waals surface area (Å²) in [7, 11) is 3.86. The fourth-order valence-electron chi connectivity index (χ4n) is 0.833. The van der Waals surface area contributed by atoms with Crippen LogP contribution in [-0.4, -0.2) is 36.6 Å². The first-order chi connectivity index (χ1) is 5.29. The van der Waals surface area contributed by atoms with Gasteiger partial charge in [-0.1, -0.05) is 6.58 Å². The molecular weight excluding hydrogens is 152 g/mol. The fraction of sp³-hybridized carbons (Fsp3) is 0.667. The van der Waals surface area contributed by atoms with Crippen LogP contribution in [0, 0.1) is 0 Å². The van der Waals surface area contributed by atoms with E-state index in [1.807, 2.05) is 21.0 Å². The molecule has 0 aromatic heterocycles. The Labute approximate surface area is 74.4 Å². The fourth-order valence-corrected chi connectivity index (χ4v) is 0.833. The molecule has 0 radical (unpaired) electrons. The lowest BCUT2D eigenvalue weighted by atomic mass is 10.0. The molecule has 1 unspecified atom stereocenters. The third-order valence-electron chi connectivity index (χ3n) is 2.73. The quantitative estimate of drug-likeness (QED) is 0.380. The summed E-state index contributed by atoms with van der Waals surface area (Å²) in [6, 6.07) is 0. The van der Waals surface area contributed by atoms with Crippen molar-refractivity contribution in [2.45, 2.75) is 19.5 Å². The minimum absolute atomic E-state index is 0.116. The summed E-state index contributed by atoms with van der Waals surface area (Å²) in [5.74, 6) is -0.116. The van der Waals surface area contributed by atoms with Crippen molar-refractivity contribution in [3.05, 3.63) is 12.7 Å². The number of quaternary nitrogens is 1. The predicted molar refractivity (Wildman–Crippen MR) is 50.4 cm³/mol. The highest BCUT2D eigenvalue weighted by Crippen LogP contribution is 2.15. The highest BCUT2D eigenvalue weighted by molar-refractivity contribution is 5.95. The van der Waals surface area contributed by atoms with E-state index >= 15 is 0 Å². The van der Waals surface area contributed by atoms with Gasteiger partial charge < -0.3 is 4.48 Å². The lowest BCUT2D eigenvalue weighted by molar-refractivity contribution is -0.927. The molecule has 0 fully saturated rings. The smallest absolute Gasteiger partial charge is 0.230 e. The highest BCUT2D eigenvalue weighted by Gasteiger charge is 2.41. The number of carbonyl (C=O) groups excluding carboxylic acids is 1. The molecule has 0 saturated heterocycles. The zero-order valence-corrected chi connectivity index (χ0v) is 8.42. The van der Waals surface area contributed by atoms with Crippen molar-refractivity contribution in [3.63, 3.8) is 0 Å². The number of likely N-dealkylation sites (N-methyl/N-ethyl adjacent to an activating group) is 1. The molecule has 0 spiro atoms. The Morgan fingerprint density at radius 2 is 2.08 bits per heavy atom. The van der Waals surface area contributed by atoms with E-state index < -0.39 is 5.66 Å². The molecule has 0 saturated carbocycles. The van der Waals surface area contributed by atoms with Crippen molar-refractivity contribution in [2.75, 3.05) is 20.6 Å². The zero-order valence-electron chi connectivity index (χ0n) is 8.42. The van der Waals surface area contributed by atoms with Crippen LogP contribution < -0.4 is 5.73 Å². The first-order valence-electron chi connectivity index (χ1n) is 4.08. The minimum Gasteiger partial charge on any atom is -0.305 e. The van der Waals surface area contributed by atoms with Gasteiger partial charge in [0, 0.05) is 6.92 Å². The Morgan fingerprint density at radius 3 is 2.33 bits per heavy atom. The number of nitrogens with two attached hydrogens (primary N) is 1. The molecule has 0 aromatic rings. The Hall–Kier alpha value is -0.670. The van der Waals surface area contributed by atoms with E-state index in [1.165, 1.54) is 6.08 Å². The maximum absolute atomic E-state index is 11.4. The first kappa shape index (κ1) is 11.3. The van der Waals surface area contributed by atoms with Gasteiger partial charge in [0.2, 0.25) is 11.4 Å². The summed E-state index contributed by atoms with van der Waals surface area (Å²) < 4.78 is 0.470. The number of hydrogen-bond donors (Lipinski definition) is 1. The summed E-state index contributed by atoms with van der Waals surface area (Å²) in [6.07, 6.45) is 1.29. The third kappa shape index (κ3) is 1.73. The molecule has 3 heteroatoms. The molecule has 70 valence electrons. The van der Waals surface area contributed by atoms with Crippen molar-refractivity contribution < 1.29 is 9.28 Å². The van der Waals surface area contributed by atoms with E-state index in [2.05, 4.69) is 6.58 Å². The van der Waals surface area contributed by atoms with Crippen molar-refractivity contribution in [2.24, 2.45) is 5.73 Å². The Balaban J connectivity index is 4.82. The number of carbonyl (C=O) groups is 1. The molecule has 0 aliphatic carbocycles. The Morgan fingerprint density at radius 1 is 1.67 bits per heavy atom. The zero-order chi connectivity index (χ0) is 9.99. The molecule has 0 rings (SSSR count). The van der Waals surface area contributed by atoms with Crippen LogP contribution in [0.4, 0.5) is 0 Å². The van der Waals surface area contributed by atoms with Crippen molar-refractivity contribution >= 4 is 5.78 Å². The maximum Gasteiger partial charge on any atom is 0.230 e. The number of ketones is 1. The number of nitrogens with zero attached hydrogens (tertiary/aromatic N) is 1. The molecule has 0 bridgehead atoms. The van der Waals surface area contributed by atoms with Gasteiger partial charge in [0.05, 0.1) is 20.6 Å². The van der Waals surface area contributed by atoms with Crippen LogP contribution in [0.1, 0.15) is 13.8 Å². The van der Waals surface area contributed by atoms with Gasteiger partial charge in [-0.15, -0.1) is 0 Å². The van der Waals surface area contributed by atoms with Crippen LogP contribution in [0.25, 0.3) is 0 Å². The SMILES string of the molecule is C=CC(=O)C(C)(N)[N+](C)(C)CC. The van der Waals surface area contributed by atoms with Gasteiger partial charge in [-0.2, -0.15) is 0 Å². The van der Waals surface area contributed by atoms with E-state index in [0.29, 0.717) is 4.48 Å². The monoisotopic (exact) mass is 171 g/mol. The predicted octanol–water partition coefficient (Wildman–Crippen LogP) is 0.513. The van der Waals surface area contributed by atoms with Crippen LogP contribution >= 0.6 is 0 Å². The van der Waals surface area contributed by atoms with Gasteiger partial charge in [-0.25, -0.2) is 0 Å². The molecule has 0 heterocycles. The average Bonchev–Trinajstić information content (AvgIpc) is 2.02. The maximum atomic E-state index is 11.4. The van der Waals surface area contributed by atoms with Gasteiger partial charge in [-0.3, -0.25) is 10.5 Å². The van der Waals surface area contributed by atoms with Gasteiger partial charge in [-0.05, 0) is 13.0 Å². The number of hydrogen-bond acceptors (Lipinski definition) is 2. The number of rotatable bonds is 4. The molecule has 3 nitrogen and oxygen atoms in total. The van der Waals surface area contributed by atoms with Crippen molar-refractivity contribution in [3.8, 4) is 0 Å². The summed E-state index contributed by atoms with van der Waals surface area (Å²) in [4.78, 5) is 11.4. The second kappa shape index (κ2) is 3.37. The normalized spacial score (nSPS) is 16.8. The van der Waals surface area contributed by atoms with E-state index in [9.17, 15) is 4.79 Å². The molecule has 0 aliphatic heterocycles. The van der Waals surface area contributed by atoms with Gasteiger partial charge in [0.15, 0.2) is 0 Å². The summed E-state index contributed by atoms with van der Waals surface area (Å²) in [5.41, 5.74) is 5.05. The minimum atomic E-state index is -0.865. The van der Waals surface area contributed by atoms with Crippen LogP contribution in [0.15, 0.2) is 12.7 Å². The molecule has 0 aliphatic rings. The lowest BCUT2D eigenvalue weighted by Gasteiger charge is -2.41. The highest BCUT2D eigenvalue weighted by atomic mass is 16.1. The standard InChI is InChI=1S/C9H19N2O/c1-6-8(12)9(3,10)11(4,5)7-2/h6H,1,7,10H2,2-5H3/q+1. The topological polar surface area (TPSA) is 43.1 Å². The second-order valence-corrected chi connectivity index (χ2v) is 3.72. The molecular formula is C9H19N2O+. The third-order valence-corrected chi connectivity index (χ3v) is 2.73. The molecule has 12 heavy (non-hydrogen) atoms. The molecule has 2 N–H and O–H groups in total. The molecule has 1 atom stereocenters. The second-order valence-electron chi connectivity index (χ2n) is 3.72. The Bertz CT molecular complexity index is 195. The summed E-state index contributed by atoms with van der Waals surface area (Å²) in [5, 5.41) is 0. The van der Waals surface area contributed by atoms with E-state index in [0.717, 1.165) is 6.54 Å². The first-order valence-corrected chi connectivity index (χ1v) is 4.08. The van der Waals surface area contributed by atoms with Gasteiger partial charge >= 0.3 is 0 Å². The van der Waals surface area contributed by atoms with Crippen LogP contribution in [0.3, 0.4) is 0 Å². The van der Waals surface area contributed by atoms with Crippen molar-refractivity contribution in [1.29, 1.82) is 0 Å². The van der Waals surface area contributed by atoms with Crippen LogP contribution in [-0.2, 0) is 4.79 Å². The molecule has 0 amide bonds. The lowest BCUT2D eigenvalue weighted by Crippen LogP contribution is -2.67. The largest absolute Gasteiger partial charge is 0.305 e. The van der Waals surface area contributed by atoms with Gasteiger partial charge in [0.1, 0.15) is 0 Å². The Kier molecular flexibility index (Phi) is 3.18. The van der Waals surface area contributed by atoms with E-state index in [4.69, 9.17) is 5.73 Å².